The Bertz CT molecular complexity index is 660. The van der Waals surface area contributed by atoms with E-state index in [2.05, 4.69) is 38.2 Å². The molecule has 2 aromatic carbocycles. The van der Waals surface area contributed by atoms with Gasteiger partial charge in [-0.05, 0) is 42.2 Å². The van der Waals surface area contributed by atoms with E-state index in [1.54, 1.807) is 6.92 Å². The number of hydrogen-bond donors (Lipinski definition) is 1. The lowest BCUT2D eigenvalue weighted by Gasteiger charge is -2.19. The van der Waals surface area contributed by atoms with Crippen LogP contribution in [0.4, 0.5) is 0 Å². The lowest BCUT2D eigenvalue weighted by atomic mass is 9.87. The Labute approximate surface area is 150 Å². The molecule has 2 aromatic rings. The summed E-state index contributed by atoms with van der Waals surface area (Å²) in [5, 5.41) is 2.82. The summed E-state index contributed by atoms with van der Waals surface area (Å²) < 4.78 is 11.3. The molecule has 4 heteroatoms. The van der Waals surface area contributed by atoms with Crippen molar-refractivity contribution in [3.8, 4) is 11.5 Å². The topological polar surface area (TPSA) is 47.6 Å². The van der Waals surface area contributed by atoms with E-state index >= 15 is 0 Å². The van der Waals surface area contributed by atoms with Crippen LogP contribution < -0.4 is 14.8 Å². The second-order valence-electron chi connectivity index (χ2n) is 6.99. The Morgan fingerprint density at radius 3 is 2.24 bits per heavy atom. The summed E-state index contributed by atoms with van der Waals surface area (Å²) in [6, 6.07) is 17.4. The van der Waals surface area contributed by atoms with E-state index < -0.39 is 6.10 Å². The summed E-state index contributed by atoms with van der Waals surface area (Å²) in [5.74, 6) is 1.33. The lowest BCUT2D eigenvalue weighted by Crippen LogP contribution is -2.38. The molecule has 2 rings (SSSR count). The molecule has 1 N–H and O–H groups in total. The van der Waals surface area contributed by atoms with Gasteiger partial charge in [0.05, 0.1) is 6.54 Å². The number of rotatable bonds is 7. The van der Waals surface area contributed by atoms with E-state index in [4.69, 9.17) is 9.47 Å². The molecule has 0 bridgehead atoms. The molecule has 134 valence electrons. The fourth-order valence-electron chi connectivity index (χ4n) is 2.29. The van der Waals surface area contributed by atoms with E-state index in [-0.39, 0.29) is 11.3 Å². The zero-order valence-corrected chi connectivity index (χ0v) is 15.4. The highest BCUT2D eigenvalue weighted by atomic mass is 16.5. The SMILES string of the molecule is CC(Oc1ccccc1)C(=O)NCCOc1ccc(C(C)(C)C)cc1. The summed E-state index contributed by atoms with van der Waals surface area (Å²) in [7, 11) is 0. The van der Waals surface area contributed by atoms with E-state index in [1.807, 2.05) is 42.5 Å². The second-order valence-corrected chi connectivity index (χ2v) is 6.99. The van der Waals surface area contributed by atoms with Gasteiger partial charge in [0, 0.05) is 0 Å². The normalized spacial score (nSPS) is 12.3. The molecule has 0 heterocycles. The molecule has 1 amide bonds. The summed E-state index contributed by atoms with van der Waals surface area (Å²) in [6.07, 6.45) is -0.548. The molecule has 1 unspecified atom stereocenters. The molecule has 25 heavy (non-hydrogen) atoms. The summed E-state index contributed by atoms with van der Waals surface area (Å²) in [6.45, 7) is 9.11. The van der Waals surface area contributed by atoms with Crippen LogP contribution in [-0.2, 0) is 10.2 Å². The molecule has 0 aliphatic carbocycles. The highest BCUT2D eigenvalue weighted by molar-refractivity contribution is 5.80. The monoisotopic (exact) mass is 341 g/mol. The van der Waals surface area contributed by atoms with Crippen LogP contribution in [-0.4, -0.2) is 25.2 Å². The van der Waals surface area contributed by atoms with Gasteiger partial charge in [-0.3, -0.25) is 4.79 Å². The molecule has 4 nitrogen and oxygen atoms in total. The van der Waals surface area contributed by atoms with Gasteiger partial charge in [0.2, 0.25) is 0 Å². The van der Waals surface area contributed by atoms with Gasteiger partial charge in [-0.25, -0.2) is 0 Å². The number of carbonyl (C=O) groups excluding carboxylic acids is 1. The molecule has 0 radical (unpaired) electrons. The van der Waals surface area contributed by atoms with Crippen LogP contribution in [0.2, 0.25) is 0 Å². The van der Waals surface area contributed by atoms with Crippen LogP contribution in [0, 0.1) is 0 Å². The quantitative estimate of drug-likeness (QED) is 0.776. The number of nitrogens with one attached hydrogen (secondary N) is 1. The van der Waals surface area contributed by atoms with Gasteiger partial charge < -0.3 is 14.8 Å². The molecule has 0 fully saturated rings. The molecule has 0 aliphatic rings. The van der Waals surface area contributed by atoms with Gasteiger partial charge in [-0.15, -0.1) is 0 Å². The van der Waals surface area contributed by atoms with Gasteiger partial charge in [-0.1, -0.05) is 51.1 Å². The number of amides is 1. The predicted molar refractivity (Wildman–Crippen MR) is 100 cm³/mol. The first-order valence-electron chi connectivity index (χ1n) is 8.59. The highest BCUT2D eigenvalue weighted by Gasteiger charge is 2.14. The van der Waals surface area contributed by atoms with E-state index in [9.17, 15) is 4.79 Å². The molecule has 0 aliphatic heterocycles. The van der Waals surface area contributed by atoms with Crippen molar-refractivity contribution in [3.63, 3.8) is 0 Å². The molecule has 0 aromatic heterocycles. The Morgan fingerprint density at radius 1 is 1.00 bits per heavy atom. The first-order chi connectivity index (χ1) is 11.9. The third kappa shape index (κ3) is 6.14. The van der Waals surface area contributed by atoms with Gasteiger partial charge in [-0.2, -0.15) is 0 Å². The average molecular weight is 341 g/mol. The first-order valence-corrected chi connectivity index (χ1v) is 8.59. The smallest absolute Gasteiger partial charge is 0.260 e. The van der Waals surface area contributed by atoms with E-state index in [0.29, 0.717) is 18.9 Å². The molecule has 0 saturated heterocycles. The largest absolute Gasteiger partial charge is 0.492 e. The fourth-order valence-corrected chi connectivity index (χ4v) is 2.29. The molecule has 0 saturated carbocycles. The minimum Gasteiger partial charge on any atom is -0.492 e. The Morgan fingerprint density at radius 2 is 1.64 bits per heavy atom. The number of hydrogen-bond acceptors (Lipinski definition) is 3. The van der Waals surface area contributed by atoms with Gasteiger partial charge in [0.25, 0.3) is 5.91 Å². The van der Waals surface area contributed by atoms with Crippen molar-refractivity contribution in [3.05, 3.63) is 60.2 Å². The maximum atomic E-state index is 12.0. The summed E-state index contributed by atoms with van der Waals surface area (Å²) in [4.78, 5) is 12.0. The van der Waals surface area contributed by atoms with Crippen molar-refractivity contribution >= 4 is 5.91 Å². The van der Waals surface area contributed by atoms with Gasteiger partial charge in [0.15, 0.2) is 6.10 Å². The maximum Gasteiger partial charge on any atom is 0.260 e. The highest BCUT2D eigenvalue weighted by Crippen LogP contribution is 2.24. The summed E-state index contributed by atoms with van der Waals surface area (Å²) >= 11 is 0. The van der Waals surface area contributed by atoms with Crippen molar-refractivity contribution in [2.45, 2.75) is 39.2 Å². The molecule has 1 atom stereocenters. The van der Waals surface area contributed by atoms with Gasteiger partial charge in [0.1, 0.15) is 18.1 Å². The van der Waals surface area contributed by atoms with Crippen molar-refractivity contribution in [1.29, 1.82) is 0 Å². The minimum absolute atomic E-state index is 0.126. The second kappa shape index (κ2) is 8.56. The Hall–Kier alpha value is -2.49. The minimum atomic E-state index is -0.548. The van der Waals surface area contributed by atoms with Crippen LogP contribution >= 0.6 is 0 Å². The molecule has 0 spiro atoms. The third-order valence-electron chi connectivity index (χ3n) is 3.82. The van der Waals surface area contributed by atoms with Crippen LogP contribution in [0.25, 0.3) is 0 Å². The zero-order valence-electron chi connectivity index (χ0n) is 15.4. The number of carbonyl (C=O) groups is 1. The van der Waals surface area contributed by atoms with Crippen LogP contribution in [0.15, 0.2) is 54.6 Å². The zero-order chi connectivity index (χ0) is 18.3. The predicted octanol–water partition coefficient (Wildman–Crippen LogP) is 3.95. The van der Waals surface area contributed by atoms with Crippen molar-refractivity contribution < 1.29 is 14.3 Å². The Kier molecular flexibility index (Phi) is 6.45. The van der Waals surface area contributed by atoms with Crippen molar-refractivity contribution in [2.24, 2.45) is 0 Å². The van der Waals surface area contributed by atoms with Crippen LogP contribution in [0.1, 0.15) is 33.3 Å². The number of benzene rings is 2. The standard InChI is InChI=1S/C21H27NO3/c1-16(25-19-8-6-5-7-9-19)20(23)22-14-15-24-18-12-10-17(11-13-18)21(2,3)4/h5-13,16H,14-15H2,1-4H3,(H,22,23). The first kappa shape index (κ1) is 18.8. The molecular formula is C21H27NO3. The van der Waals surface area contributed by atoms with E-state index in [1.165, 1.54) is 5.56 Å². The average Bonchev–Trinajstić information content (AvgIpc) is 2.59. The third-order valence-corrected chi connectivity index (χ3v) is 3.82. The maximum absolute atomic E-state index is 12.0. The van der Waals surface area contributed by atoms with Crippen LogP contribution in [0.3, 0.4) is 0 Å². The molecular weight excluding hydrogens is 314 g/mol. The summed E-state index contributed by atoms with van der Waals surface area (Å²) in [5.41, 5.74) is 1.39. The van der Waals surface area contributed by atoms with E-state index in [0.717, 1.165) is 5.75 Å². The lowest BCUT2D eigenvalue weighted by molar-refractivity contribution is -0.127. The Balaban J connectivity index is 1.70. The van der Waals surface area contributed by atoms with Crippen molar-refractivity contribution in [2.75, 3.05) is 13.2 Å². The van der Waals surface area contributed by atoms with Crippen molar-refractivity contribution in [1.82, 2.24) is 5.32 Å². The number of para-hydroxylation sites is 1. The number of ether oxygens (including phenoxy) is 2. The van der Waals surface area contributed by atoms with Gasteiger partial charge >= 0.3 is 0 Å². The van der Waals surface area contributed by atoms with Crippen LogP contribution in [0.5, 0.6) is 11.5 Å². The fraction of sp³-hybridized carbons (Fsp3) is 0.381.